The van der Waals surface area contributed by atoms with Gasteiger partial charge in [0.15, 0.2) is 5.69 Å². The highest BCUT2D eigenvalue weighted by atomic mass is 79.9. The Labute approximate surface area is 184 Å². The van der Waals surface area contributed by atoms with Crippen molar-refractivity contribution in [3.8, 4) is 5.69 Å². The van der Waals surface area contributed by atoms with Gasteiger partial charge < -0.3 is 0 Å². The van der Waals surface area contributed by atoms with Crippen LogP contribution in [0.5, 0.6) is 0 Å². The summed E-state index contributed by atoms with van der Waals surface area (Å²) in [4.78, 5) is 26.4. The van der Waals surface area contributed by atoms with Gasteiger partial charge in [-0.25, -0.2) is 9.58 Å². The third-order valence-electron chi connectivity index (χ3n) is 4.82. The molecular weight excluding hydrogens is 508 g/mol. The number of aromatic nitrogens is 2. The molecule has 5 nitrogen and oxygen atoms in total. The first-order chi connectivity index (χ1) is 14.8. The van der Waals surface area contributed by atoms with Crippen LogP contribution in [-0.4, -0.2) is 21.6 Å². The van der Waals surface area contributed by atoms with Gasteiger partial charge in [0.25, 0.3) is 11.8 Å². The van der Waals surface area contributed by atoms with Gasteiger partial charge in [0.1, 0.15) is 5.69 Å². The zero-order valence-electron chi connectivity index (χ0n) is 15.8. The summed E-state index contributed by atoms with van der Waals surface area (Å²) >= 11 is 3.21. The smallest absolute Gasteiger partial charge is 0.268 e. The molecule has 0 spiro atoms. The Hall–Kier alpha value is -3.15. The van der Waals surface area contributed by atoms with Crippen LogP contribution < -0.4 is 4.90 Å². The number of aryl methyl sites for hydroxylation is 1. The van der Waals surface area contributed by atoms with Crippen molar-refractivity contribution >= 4 is 33.4 Å². The van der Waals surface area contributed by atoms with Crippen molar-refractivity contribution in [2.24, 2.45) is 0 Å². The Balaban J connectivity index is 1.80. The Kier molecular flexibility index (Phi) is 4.96. The number of halogens is 7. The number of carbonyl (C=O) groups excluding carboxylic acids is 2. The van der Waals surface area contributed by atoms with Crippen LogP contribution in [0, 0.1) is 6.92 Å². The number of hydrogen-bond acceptors (Lipinski definition) is 3. The van der Waals surface area contributed by atoms with Gasteiger partial charge in [-0.15, -0.1) is 0 Å². The number of nitrogens with zero attached hydrogens (tertiary/aromatic N) is 3. The molecule has 0 fully saturated rings. The molecule has 4 rings (SSSR count). The maximum Gasteiger partial charge on any atom is 0.435 e. The quantitative estimate of drug-likeness (QED) is 0.319. The van der Waals surface area contributed by atoms with E-state index >= 15 is 0 Å². The van der Waals surface area contributed by atoms with E-state index in [1.165, 1.54) is 19.1 Å². The molecule has 12 heteroatoms. The number of rotatable bonds is 2. The number of imide groups is 1. The van der Waals surface area contributed by atoms with E-state index in [1.807, 2.05) is 0 Å². The summed E-state index contributed by atoms with van der Waals surface area (Å²) in [5.41, 5.74) is -3.06. The van der Waals surface area contributed by atoms with E-state index in [9.17, 15) is 35.9 Å². The summed E-state index contributed by atoms with van der Waals surface area (Å²) in [6, 6.07) is 7.90. The summed E-state index contributed by atoms with van der Waals surface area (Å²) in [5, 5.41) is 3.08. The van der Waals surface area contributed by atoms with Gasteiger partial charge in [0.2, 0.25) is 0 Å². The minimum atomic E-state index is -5.10. The lowest BCUT2D eigenvalue weighted by atomic mass is 10.1. The SMILES string of the molecule is Cc1cc(-n2nc(C(F)(F)F)cc2C(F)(F)F)ccc1N1C(=O)c2cccc(Br)c2C1=O. The van der Waals surface area contributed by atoms with Crippen molar-refractivity contribution in [1.82, 2.24) is 9.78 Å². The molecule has 2 amide bonds. The first-order valence-corrected chi connectivity index (χ1v) is 9.63. The monoisotopic (exact) mass is 517 g/mol. The lowest BCUT2D eigenvalue weighted by Gasteiger charge is -2.18. The second-order valence-electron chi connectivity index (χ2n) is 6.90. The predicted octanol–water partition coefficient (Wildman–Crippen LogP) is 5.78. The molecular formula is C20H10BrF6N3O2. The predicted molar refractivity (Wildman–Crippen MR) is 104 cm³/mol. The Morgan fingerprint density at radius 2 is 1.59 bits per heavy atom. The Morgan fingerprint density at radius 1 is 0.906 bits per heavy atom. The average molecular weight is 518 g/mol. The zero-order chi connectivity index (χ0) is 23.6. The van der Waals surface area contributed by atoms with Crippen LogP contribution >= 0.6 is 15.9 Å². The maximum atomic E-state index is 13.3. The van der Waals surface area contributed by atoms with Gasteiger partial charge in [-0.05, 0) is 58.7 Å². The highest BCUT2D eigenvalue weighted by Crippen LogP contribution is 2.38. The molecule has 0 saturated heterocycles. The van der Waals surface area contributed by atoms with Crippen molar-refractivity contribution in [1.29, 1.82) is 0 Å². The van der Waals surface area contributed by atoms with Gasteiger partial charge in [0.05, 0.1) is 22.5 Å². The minimum absolute atomic E-state index is 0.0784. The molecule has 0 aliphatic carbocycles. The van der Waals surface area contributed by atoms with E-state index in [-0.39, 0.29) is 38.8 Å². The summed E-state index contributed by atoms with van der Waals surface area (Å²) in [6.07, 6.45) is -10.2. The number of benzene rings is 2. The van der Waals surface area contributed by atoms with Gasteiger partial charge >= 0.3 is 12.4 Å². The summed E-state index contributed by atoms with van der Waals surface area (Å²) < 4.78 is 79.4. The Morgan fingerprint density at radius 3 is 2.16 bits per heavy atom. The topological polar surface area (TPSA) is 55.2 Å². The van der Waals surface area contributed by atoms with Crippen molar-refractivity contribution in [2.75, 3.05) is 4.90 Å². The highest BCUT2D eigenvalue weighted by Gasteiger charge is 2.43. The van der Waals surface area contributed by atoms with Crippen LogP contribution in [0.15, 0.2) is 46.9 Å². The number of hydrogen-bond donors (Lipinski definition) is 0. The molecule has 0 radical (unpaired) electrons. The van der Waals surface area contributed by atoms with Crippen LogP contribution in [0.2, 0.25) is 0 Å². The second-order valence-corrected chi connectivity index (χ2v) is 7.76. The van der Waals surface area contributed by atoms with Crippen molar-refractivity contribution in [3.05, 3.63) is 75.0 Å². The van der Waals surface area contributed by atoms with E-state index in [1.54, 1.807) is 12.1 Å². The average Bonchev–Trinajstić information content (AvgIpc) is 3.24. The molecule has 0 unspecified atom stereocenters. The third kappa shape index (κ3) is 3.48. The molecule has 3 aromatic rings. The highest BCUT2D eigenvalue weighted by molar-refractivity contribution is 9.10. The number of carbonyl (C=O) groups is 2. The van der Waals surface area contributed by atoms with E-state index in [2.05, 4.69) is 21.0 Å². The number of amides is 2. The first kappa shape index (κ1) is 22.1. The normalized spacial score (nSPS) is 14.3. The van der Waals surface area contributed by atoms with Crippen molar-refractivity contribution in [3.63, 3.8) is 0 Å². The molecule has 32 heavy (non-hydrogen) atoms. The van der Waals surface area contributed by atoms with E-state index in [0.717, 1.165) is 17.0 Å². The van der Waals surface area contributed by atoms with Crippen LogP contribution in [0.3, 0.4) is 0 Å². The molecule has 1 aliphatic heterocycles. The number of alkyl halides is 6. The number of fused-ring (bicyclic) bond motifs is 1. The molecule has 0 bridgehead atoms. The molecule has 0 atom stereocenters. The van der Waals surface area contributed by atoms with Crippen molar-refractivity contribution < 1.29 is 35.9 Å². The lowest BCUT2D eigenvalue weighted by molar-refractivity contribution is -0.143. The minimum Gasteiger partial charge on any atom is -0.268 e. The molecule has 2 heterocycles. The summed E-state index contributed by atoms with van der Waals surface area (Å²) in [6.45, 7) is 1.42. The maximum absolute atomic E-state index is 13.3. The molecule has 0 N–H and O–H groups in total. The molecule has 0 saturated carbocycles. The molecule has 1 aromatic heterocycles. The van der Waals surface area contributed by atoms with E-state index in [4.69, 9.17) is 0 Å². The Bertz CT molecular complexity index is 1280. The van der Waals surface area contributed by atoms with Crippen LogP contribution in [0.4, 0.5) is 32.0 Å². The zero-order valence-corrected chi connectivity index (χ0v) is 17.4. The standard InChI is InChI=1S/C20H10BrF6N3O2/c1-9-7-10(30-15(20(25,26)27)8-14(28-30)19(22,23)24)5-6-13(9)29-17(31)11-3-2-4-12(21)16(11)18(29)32/h2-8H,1H3. The van der Waals surface area contributed by atoms with Gasteiger partial charge in [-0.1, -0.05) is 6.07 Å². The second kappa shape index (κ2) is 7.19. The molecule has 2 aromatic carbocycles. The van der Waals surface area contributed by atoms with Gasteiger partial charge in [0, 0.05) is 10.5 Å². The number of anilines is 1. The molecule has 1 aliphatic rings. The van der Waals surface area contributed by atoms with Crippen LogP contribution in [-0.2, 0) is 12.4 Å². The fraction of sp³-hybridized carbons (Fsp3) is 0.150. The van der Waals surface area contributed by atoms with E-state index < -0.39 is 35.6 Å². The van der Waals surface area contributed by atoms with Gasteiger partial charge in [-0.3, -0.25) is 9.59 Å². The first-order valence-electron chi connectivity index (χ1n) is 8.83. The van der Waals surface area contributed by atoms with E-state index in [0.29, 0.717) is 4.47 Å². The van der Waals surface area contributed by atoms with Crippen LogP contribution in [0.1, 0.15) is 37.7 Å². The summed E-state index contributed by atoms with van der Waals surface area (Å²) in [7, 11) is 0. The van der Waals surface area contributed by atoms with Crippen LogP contribution in [0.25, 0.3) is 5.69 Å². The van der Waals surface area contributed by atoms with Crippen molar-refractivity contribution in [2.45, 2.75) is 19.3 Å². The van der Waals surface area contributed by atoms with Gasteiger partial charge in [-0.2, -0.15) is 31.4 Å². The largest absolute Gasteiger partial charge is 0.435 e. The lowest BCUT2D eigenvalue weighted by Crippen LogP contribution is -2.30. The third-order valence-corrected chi connectivity index (χ3v) is 5.48. The fourth-order valence-electron chi connectivity index (χ4n) is 3.40. The summed E-state index contributed by atoms with van der Waals surface area (Å²) in [5.74, 6) is -1.26. The molecule has 166 valence electrons. The fourth-order valence-corrected chi connectivity index (χ4v) is 3.94.